The van der Waals surface area contributed by atoms with Crippen LogP contribution in [-0.4, -0.2) is 21.8 Å². The van der Waals surface area contributed by atoms with Gasteiger partial charge in [0.2, 0.25) is 0 Å². The molecule has 0 saturated heterocycles. The molecule has 96 valence electrons. The third-order valence-corrected chi connectivity index (χ3v) is 3.47. The molecule has 3 rings (SSSR count). The van der Waals surface area contributed by atoms with E-state index in [1.54, 1.807) is 0 Å². The van der Waals surface area contributed by atoms with Gasteiger partial charge >= 0.3 is 0 Å². The summed E-state index contributed by atoms with van der Waals surface area (Å²) in [6.07, 6.45) is 5.57. The Morgan fingerprint density at radius 2 is 2.05 bits per heavy atom. The maximum absolute atomic E-state index is 4.25. The Morgan fingerprint density at radius 1 is 1.16 bits per heavy atom. The van der Waals surface area contributed by atoms with Crippen molar-refractivity contribution in [3.8, 4) is 0 Å². The lowest BCUT2D eigenvalue weighted by molar-refractivity contribution is 0.609. The van der Waals surface area contributed by atoms with Crippen LogP contribution >= 0.6 is 0 Å². The fourth-order valence-corrected chi connectivity index (χ4v) is 2.52. The average Bonchev–Trinajstić information content (AvgIpc) is 2.86. The predicted molar refractivity (Wildman–Crippen MR) is 75.9 cm³/mol. The van der Waals surface area contributed by atoms with Crippen LogP contribution in [0.1, 0.15) is 17.3 Å². The summed E-state index contributed by atoms with van der Waals surface area (Å²) in [5.41, 5.74) is 2.36. The van der Waals surface area contributed by atoms with E-state index in [9.17, 15) is 0 Å². The second-order valence-corrected chi connectivity index (χ2v) is 4.55. The van der Waals surface area contributed by atoms with Crippen LogP contribution in [0, 0.1) is 0 Å². The summed E-state index contributed by atoms with van der Waals surface area (Å²) in [4.78, 5) is 4.24. The highest BCUT2D eigenvalue weighted by molar-refractivity contribution is 5.85. The molecule has 0 amide bonds. The molecular formula is C15H16N4. The molecule has 4 heteroatoms. The van der Waals surface area contributed by atoms with Crippen molar-refractivity contribution in [3.63, 3.8) is 0 Å². The van der Waals surface area contributed by atoms with Gasteiger partial charge in [-0.2, -0.15) is 5.10 Å². The molecule has 1 atom stereocenters. The van der Waals surface area contributed by atoms with Gasteiger partial charge in [-0.3, -0.25) is 9.67 Å². The Labute approximate surface area is 112 Å². The van der Waals surface area contributed by atoms with Crippen LogP contribution in [0.5, 0.6) is 0 Å². The van der Waals surface area contributed by atoms with Crippen molar-refractivity contribution in [1.29, 1.82) is 0 Å². The van der Waals surface area contributed by atoms with Gasteiger partial charge in [-0.15, -0.1) is 0 Å². The Bertz CT molecular complexity index is 697. The van der Waals surface area contributed by atoms with Gasteiger partial charge in [0.15, 0.2) is 0 Å². The molecule has 0 fully saturated rings. The smallest absolute Gasteiger partial charge is 0.0752 e. The van der Waals surface area contributed by atoms with E-state index < -0.39 is 0 Å². The quantitative estimate of drug-likeness (QED) is 0.777. The first-order valence-electron chi connectivity index (χ1n) is 6.29. The van der Waals surface area contributed by atoms with Crippen LogP contribution in [0.3, 0.4) is 0 Å². The number of aryl methyl sites for hydroxylation is 1. The molecule has 1 unspecified atom stereocenters. The SMILES string of the molecule is CNC(c1cccc2ccncc12)c1ccnn1C. The van der Waals surface area contributed by atoms with Gasteiger partial charge in [0.25, 0.3) is 0 Å². The van der Waals surface area contributed by atoms with Gasteiger partial charge in [-0.05, 0) is 30.1 Å². The number of nitrogens with zero attached hydrogens (tertiary/aromatic N) is 3. The minimum Gasteiger partial charge on any atom is -0.308 e. The van der Waals surface area contributed by atoms with E-state index in [2.05, 4.69) is 33.6 Å². The first kappa shape index (κ1) is 11.9. The molecule has 1 N–H and O–H groups in total. The lowest BCUT2D eigenvalue weighted by Gasteiger charge is -2.18. The molecule has 3 aromatic rings. The summed E-state index contributed by atoms with van der Waals surface area (Å²) in [5.74, 6) is 0. The highest BCUT2D eigenvalue weighted by atomic mass is 15.3. The van der Waals surface area contributed by atoms with Crippen molar-refractivity contribution in [2.45, 2.75) is 6.04 Å². The van der Waals surface area contributed by atoms with Crippen molar-refractivity contribution in [1.82, 2.24) is 20.1 Å². The Balaban J connectivity index is 2.20. The van der Waals surface area contributed by atoms with Crippen LogP contribution in [0.15, 0.2) is 48.9 Å². The molecule has 0 aliphatic heterocycles. The van der Waals surface area contributed by atoms with Gasteiger partial charge in [-0.25, -0.2) is 0 Å². The Hall–Kier alpha value is -2.20. The fraction of sp³-hybridized carbons (Fsp3) is 0.200. The number of hydrogen-bond donors (Lipinski definition) is 1. The second kappa shape index (κ2) is 4.82. The molecule has 2 aromatic heterocycles. The molecule has 0 aliphatic carbocycles. The molecule has 1 aromatic carbocycles. The van der Waals surface area contributed by atoms with E-state index in [-0.39, 0.29) is 6.04 Å². The van der Waals surface area contributed by atoms with Crippen molar-refractivity contribution >= 4 is 10.8 Å². The number of fused-ring (bicyclic) bond motifs is 1. The highest BCUT2D eigenvalue weighted by Crippen LogP contribution is 2.27. The Morgan fingerprint density at radius 3 is 2.79 bits per heavy atom. The summed E-state index contributed by atoms with van der Waals surface area (Å²) in [7, 11) is 3.93. The summed E-state index contributed by atoms with van der Waals surface area (Å²) in [6.45, 7) is 0. The molecule has 0 aliphatic rings. The van der Waals surface area contributed by atoms with Crippen LogP contribution in [0.2, 0.25) is 0 Å². The molecule has 4 nitrogen and oxygen atoms in total. The predicted octanol–water partition coefficient (Wildman–Crippen LogP) is 2.28. The molecule has 0 spiro atoms. The zero-order valence-corrected chi connectivity index (χ0v) is 11.0. The van der Waals surface area contributed by atoms with Crippen LogP contribution in [0.4, 0.5) is 0 Å². The van der Waals surface area contributed by atoms with Crippen LogP contribution in [-0.2, 0) is 7.05 Å². The lowest BCUT2D eigenvalue weighted by atomic mass is 9.98. The second-order valence-electron chi connectivity index (χ2n) is 4.55. The van der Waals surface area contributed by atoms with Crippen molar-refractivity contribution < 1.29 is 0 Å². The van der Waals surface area contributed by atoms with E-state index in [4.69, 9.17) is 0 Å². The first-order chi connectivity index (χ1) is 9.31. The van der Waals surface area contributed by atoms with E-state index >= 15 is 0 Å². The summed E-state index contributed by atoms with van der Waals surface area (Å²) < 4.78 is 1.90. The highest BCUT2D eigenvalue weighted by Gasteiger charge is 2.17. The lowest BCUT2D eigenvalue weighted by Crippen LogP contribution is -2.20. The standard InChI is InChI=1S/C15H16N4/c1-16-15(14-7-9-18-19(14)2)12-5-3-4-11-6-8-17-10-13(11)12/h3-10,15-16H,1-2H3. The molecule has 2 heterocycles. The largest absolute Gasteiger partial charge is 0.308 e. The zero-order chi connectivity index (χ0) is 13.2. The van der Waals surface area contributed by atoms with E-state index in [1.807, 2.05) is 49.5 Å². The molecule has 0 bridgehead atoms. The minimum absolute atomic E-state index is 0.111. The first-order valence-corrected chi connectivity index (χ1v) is 6.29. The van der Waals surface area contributed by atoms with Crippen molar-refractivity contribution in [2.75, 3.05) is 7.05 Å². The van der Waals surface area contributed by atoms with Gasteiger partial charge < -0.3 is 5.32 Å². The van der Waals surface area contributed by atoms with E-state index in [1.165, 1.54) is 16.3 Å². The average molecular weight is 252 g/mol. The van der Waals surface area contributed by atoms with Gasteiger partial charge in [0.1, 0.15) is 0 Å². The normalized spacial score (nSPS) is 12.7. The molecule has 0 radical (unpaired) electrons. The summed E-state index contributed by atoms with van der Waals surface area (Å²) in [6, 6.07) is 10.5. The molecule has 0 saturated carbocycles. The van der Waals surface area contributed by atoms with E-state index in [0.717, 1.165) is 5.69 Å². The third kappa shape index (κ3) is 2.00. The van der Waals surface area contributed by atoms with Crippen LogP contribution in [0.25, 0.3) is 10.8 Å². The van der Waals surface area contributed by atoms with Gasteiger partial charge in [0, 0.05) is 31.0 Å². The number of nitrogens with one attached hydrogen (secondary N) is 1. The third-order valence-electron chi connectivity index (χ3n) is 3.47. The van der Waals surface area contributed by atoms with Gasteiger partial charge in [0.05, 0.1) is 11.7 Å². The topological polar surface area (TPSA) is 42.7 Å². The number of aromatic nitrogens is 3. The number of hydrogen-bond acceptors (Lipinski definition) is 3. The van der Waals surface area contributed by atoms with Gasteiger partial charge in [-0.1, -0.05) is 18.2 Å². The fourth-order valence-electron chi connectivity index (χ4n) is 2.52. The maximum atomic E-state index is 4.25. The summed E-state index contributed by atoms with van der Waals surface area (Å²) in [5, 5.41) is 9.99. The zero-order valence-electron chi connectivity index (χ0n) is 11.0. The van der Waals surface area contributed by atoms with Crippen molar-refractivity contribution in [3.05, 3.63) is 60.2 Å². The number of rotatable bonds is 3. The monoisotopic (exact) mass is 252 g/mol. The number of benzene rings is 1. The van der Waals surface area contributed by atoms with Crippen molar-refractivity contribution in [2.24, 2.45) is 7.05 Å². The summed E-state index contributed by atoms with van der Waals surface area (Å²) >= 11 is 0. The molecular weight excluding hydrogens is 236 g/mol. The number of pyridine rings is 1. The minimum atomic E-state index is 0.111. The van der Waals surface area contributed by atoms with Crippen LogP contribution < -0.4 is 5.32 Å². The Kier molecular flexibility index (Phi) is 3.01. The molecule has 19 heavy (non-hydrogen) atoms. The maximum Gasteiger partial charge on any atom is 0.0752 e. The van der Waals surface area contributed by atoms with E-state index in [0.29, 0.717) is 0 Å².